The van der Waals surface area contributed by atoms with Gasteiger partial charge in [-0.3, -0.25) is 4.90 Å². The number of aliphatic hydroxyl groups is 1. The standard InChI is InChI=1S/C16H18F4N4O2/c17-10-2-1-3-12(6-10)26-14-7-13(16(18,19)20)22-15(24(14)9-21)23-5-4-11(25)8-23/h1-3,6-7,11,14,25H,4-5,8-9,21H2. The maximum Gasteiger partial charge on any atom is 0.433 e. The van der Waals surface area contributed by atoms with Crippen LogP contribution >= 0.6 is 0 Å². The van der Waals surface area contributed by atoms with E-state index in [-0.39, 0.29) is 24.9 Å². The van der Waals surface area contributed by atoms with E-state index in [9.17, 15) is 22.7 Å². The van der Waals surface area contributed by atoms with Crippen molar-refractivity contribution in [2.24, 2.45) is 10.7 Å². The average Bonchev–Trinajstić information content (AvgIpc) is 2.99. The van der Waals surface area contributed by atoms with Gasteiger partial charge in [-0.1, -0.05) is 6.07 Å². The topological polar surface area (TPSA) is 74.3 Å². The van der Waals surface area contributed by atoms with E-state index in [0.717, 1.165) is 12.1 Å². The summed E-state index contributed by atoms with van der Waals surface area (Å²) < 4.78 is 58.7. The van der Waals surface area contributed by atoms with Crippen LogP contribution in [0.4, 0.5) is 17.6 Å². The first-order chi connectivity index (χ1) is 12.3. The molecule has 2 aliphatic rings. The van der Waals surface area contributed by atoms with Crippen molar-refractivity contribution < 1.29 is 27.4 Å². The minimum Gasteiger partial charge on any atom is -0.467 e. The number of likely N-dealkylation sites (tertiary alicyclic amines) is 1. The van der Waals surface area contributed by atoms with Crippen molar-refractivity contribution in [3.05, 3.63) is 41.9 Å². The Kier molecular flexibility index (Phi) is 5.05. The van der Waals surface area contributed by atoms with Gasteiger partial charge in [-0.05, 0) is 18.6 Å². The first-order valence-electron chi connectivity index (χ1n) is 7.97. The molecule has 0 aliphatic carbocycles. The van der Waals surface area contributed by atoms with Gasteiger partial charge in [0.1, 0.15) is 17.3 Å². The summed E-state index contributed by atoms with van der Waals surface area (Å²) in [5.74, 6) is -0.539. The van der Waals surface area contributed by atoms with Crippen molar-refractivity contribution in [1.82, 2.24) is 9.80 Å². The summed E-state index contributed by atoms with van der Waals surface area (Å²) in [5.41, 5.74) is 4.59. The SMILES string of the molecule is NCN1C(N2CCC(O)C2)=NC(C(F)(F)F)=CC1Oc1cccc(F)c1. The summed E-state index contributed by atoms with van der Waals surface area (Å²) in [5, 5.41) is 9.69. The molecule has 0 spiro atoms. The number of halogens is 4. The number of aliphatic imine (C=N–C) groups is 1. The summed E-state index contributed by atoms with van der Waals surface area (Å²) in [6.45, 7) is 0.314. The van der Waals surface area contributed by atoms with Crippen LogP contribution in [0.15, 0.2) is 41.0 Å². The van der Waals surface area contributed by atoms with Gasteiger partial charge in [0.2, 0.25) is 5.96 Å². The molecule has 3 rings (SSSR count). The van der Waals surface area contributed by atoms with Crippen LogP contribution in [-0.2, 0) is 0 Å². The van der Waals surface area contributed by atoms with Crippen LogP contribution in [0.3, 0.4) is 0 Å². The van der Waals surface area contributed by atoms with Crippen molar-refractivity contribution in [2.45, 2.75) is 24.9 Å². The van der Waals surface area contributed by atoms with Gasteiger partial charge in [0, 0.05) is 25.2 Å². The highest BCUT2D eigenvalue weighted by Crippen LogP contribution is 2.32. The van der Waals surface area contributed by atoms with Gasteiger partial charge in [-0.25, -0.2) is 9.38 Å². The molecule has 3 N–H and O–H groups in total. The zero-order valence-corrected chi connectivity index (χ0v) is 13.7. The van der Waals surface area contributed by atoms with Crippen LogP contribution in [0.25, 0.3) is 0 Å². The second-order valence-electron chi connectivity index (χ2n) is 5.97. The third-order valence-corrected chi connectivity index (χ3v) is 4.07. The fourth-order valence-corrected chi connectivity index (χ4v) is 2.84. The molecule has 2 unspecified atom stereocenters. The number of rotatable bonds is 3. The molecule has 1 fully saturated rings. The lowest BCUT2D eigenvalue weighted by Gasteiger charge is -2.38. The molecule has 0 radical (unpaired) electrons. The molecule has 0 amide bonds. The number of guanidine groups is 1. The Bertz CT molecular complexity index is 722. The number of alkyl halides is 3. The Morgan fingerprint density at radius 2 is 2.12 bits per heavy atom. The van der Waals surface area contributed by atoms with Crippen LogP contribution in [0.1, 0.15) is 6.42 Å². The summed E-state index contributed by atoms with van der Waals surface area (Å²) in [4.78, 5) is 6.55. The number of aliphatic hydroxyl groups excluding tert-OH is 1. The highest BCUT2D eigenvalue weighted by molar-refractivity contribution is 5.83. The van der Waals surface area contributed by atoms with Gasteiger partial charge in [-0.2, -0.15) is 13.2 Å². The van der Waals surface area contributed by atoms with E-state index in [2.05, 4.69) is 4.99 Å². The molecule has 0 bridgehead atoms. The second-order valence-corrected chi connectivity index (χ2v) is 5.97. The first-order valence-corrected chi connectivity index (χ1v) is 7.97. The van der Waals surface area contributed by atoms with Gasteiger partial charge in [-0.15, -0.1) is 0 Å². The smallest absolute Gasteiger partial charge is 0.433 e. The van der Waals surface area contributed by atoms with E-state index >= 15 is 0 Å². The maximum absolute atomic E-state index is 13.4. The zero-order valence-electron chi connectivity index (χ0n) is 13.7. The number of hydrogen-bond donors (Lipinski definition) is 2. The molecule has 1 aromatic carbocycles. The minimum absolute atomic E-state index is 0.0275. The number of benzene rings is 1. The van der Waals surface area contributed by atoms with E-state index in [1.54, 1.807) is 0 Å². The lowest BCUT2D eigenvalue weighted by Crippen LogP contribution is -2.54. The monoisotopic (exact) mass is 374 g/mol. The molecule has 26 heavy (non-hydrogen) atoms. The van der Waals surface area contributed by atoms with Crippen molar-refractivity contribution in [3.8, 4) is 5.75 Å². The summed E-state index contributed by atoms with van der Waals surface area (Å²) in [6.07, 6.45) is -5.34. The number of allylic oxidation sites excluding steroid dienone is 1. The Morgan fingerprint density at radius 1 is 1.35 bits per heavy atom. The third kappa shape index (κ3) is 3.91. The van der Waals surface area contributed by atoms with E-state index in [1.807, 2.05) is 0 Å². The van der Waals surface area contributed by atoms with Crippen LogP contribution < -0.4 is 10.5 Å². The Labute approximate surface area is 147 Å². The molecular formula is C16H18F4N4O2. The zero-order chi connectivity index (χ0) is 18.9. The van der Waals surface area contributed by atoms with Crippen LogP contribution in [0, 0.1) is 5.82 Å². The van der Waals surface area contributed by atoms with Crippen molar-refractivity contribution in [2.75, 3.05) is 19.8 Å². The largest absolute Gasteiger partial charge is 0.467 e. The van der Waals surface area contributed by atoms with Crippen molar-refractivity contribution in [1.29, 1.82) is 0 Å². The van der Waals surface area contributed by atoms with Gasteiger partial charge in [0.05, 0.1) is 12.8 Å². The van der Waals surface area contributed by atoms with E-state index in [1.165, 1.54) is 28.0 Å². The predicted octanol–water partition coefficient (Wildman–Crippen LogP) is 1.63. The molecule has 1 aromatic rings. The quantitative estimate of drug-likeness (QED) is 0.787. The summed E-state index contributed by atoms with van der Waals surface area (Å²) >= 11 is 0. The summed E-state index contributed by atoms with van der Waals surface area (Å²) in [7, 11) is 0. The maximum atomic E-state index is 13.4. The van der Waals surface area contributed by atoms with E-state index < -0.39 is 30.0 Å². The first kappa shape index (κ1) is 18.5. The average molecular weight is 374 g/mol. The molecule has 2 aliphatic heterocycles. The molecule has 0 aromatic heterocycles. The highest BCUT2D eigenvalue weighted by atomic mass is 19.4. The highest BCUT2D eigenvalue weighted by Gasteiger charge is 2.41. The fourth-order valence-electron chi connectivity index (χ4n) is 2.84. The van der Waals surface area contributed by atoms with E-state index in [4.69, 9.17) is 10.5 Å². The lowest BCUT2D eigenvalue weighted by molar-refractivity contribution is -0.0949. The summed E-state index contributed by atoms with van der Waals surface area (Å²) in [6, 6.07) is 5.09. The lowest BCUT2D eigenvalue weighted by atomic mass is 10.3. The van der Waals surface area contributed by atoms with Crippen molar-refractivity contribution >= 4 is 5.96 Å². The normalized spacial score (nSPS) is 23.8. The molecule has 2 heterocycles. The molecule has 2 atom stereocenters. The molecular weight excluding hydrogens is 356 g/mol. The number of hydrogen-bond acceptors (Lipinski definition) is 6. The Hall–Kier alpha value is -2.33. The van der Waals surface area contributed by atoms with Gasteiger partial charge in [0.15, 0.2) is 6.23 Å². The van der Waals surface area contributed by atoms with E-state index in [0.29, 0.717) is 13.0 Å². The van der Waals surface area contributed by atoms with Gasteiger partial charge in [0.25, 0.3) is 0 Å². The molecule has 0 saturated carbocycles. The number of β-amino-alcohol motifs (C(OH)–C–C–N with tert-alkyl or cyclic N) is 1. The van der Waals surface area contributed by atoms with Crippen LogP contribution in [0.5, 0.6) is 5.75 Å². The number of nitrogens with two attached hydrogens (primary N) is 1. The fraction of sp³-hybridized carbons (Fsp3) is 0.438. The number of nitrogens with zero attached hydrogens (tertiary/aromatic N) is 3. The van der Waals surface area contributed by atoms with Gasteiger partial charge < -0.3 is 20.5 Å². The molecule has 1 saturated heterocycles. The minimum atomic E-state index is -4.69. The van der Waals surface area contributed by atoms with Crippen LogP contribution in [0.2, 0.25) is 0 Å². The predicted molar refractivity (Wildman–Crippen MR) is 85.5 cm³/mol. The molecule has 142 valence electrons. The van der Waals surface area contributed by atoms with Crippen LogP contribution in [-0.4, -0.2) is 59.1 Å². The third-order valence-electron chi connectivity index (χ3n) is 4.07. The van der Waals surface area contributed by atoms with Gasteiger partial charge >= 0.3 is 6.18 Å². The van der Waals surface area contributed by atoms with Crippen molar-refractivity contribution in [3.63, 3.8) is 0 Å². The second kappa shape index (κ2) is 7.12. The molecule has 10 heteroatoms. The Morgan fingerprint density at radius 3 is 2.69 bits per heavy atom. The molecule has 6 nitrogen and oxygen atoms in total. The Balaban J connectivity index is 1.94. The number of ether oxygens (including phenoxy) is 1.